The van der Waals surface area contributed by atoms with E-state index in [1.54, 1.807) is 4.90 Å². The first kappa shape index (κ1) is 19.3. The molecule has 0 spiro atoms. The van der Waals surface area contributed by atoms with Gasteiger partial charge in [0.05, 0.1) is 11.0 Å². The van der Waals surface area contributed by atoms with Gasteiger partial charge in [-0.1, -0.05) is 0 Å². The molecule has 0 atom stereocenters. The molecule has 1 aromatic carbocycles. The molecule has 0 aliphatic carbocycles. The summed E-state index contributed by atoms with van der Waals surface area (Å²) in [4.78, 5) is 24.3. The summed E-state index contributed by atoms with van der Waals surface area (Å²) >= 11 is 0. The summed E-state index contributed by atoms with van der Waals surface area (Å²) in [6.45, 7) is 2.57. The first-order chi connectivity index (χ1) is 10.6. The van der Waals surface area contributed by atoms with Gasteiger partial charge >= 0.3 is 0 Å². The molecule has 23 heavy (non-hydrogen) atoms. The number of hydrogen-bond donors (Lipinski definition) is 1. The van der Waals surface area contributed by atoms with Gasteiger partial charge < -0.3 is 15.4 Å². The van der Waals surface area contributed by atoms with E-state index < -0.39 is 4.92 Å². The number of likely N-dealkylation sites (tertiary alicyclic amines) is 1. The lowest BCUT2D eigenvalue weighted by atomic mass is 10.1. The largest absolute Gasteiger partial charge is 0.378 e. The molecule has 0 radical (unpaired) electrons. The van der Waals surface area contributed by atoms with Gasteiger partial charge in [-0.25, -0.2) is 0 Å². The van der Waals surface area contributed by atoms with Crippen molar-refractivity contribution in [1.29, 1.82) is 0 Å². The Hall–Kier alpha value is -1.70. The zero-order valence-corrected chi connectivity index (χ0v) is 13.7. The molecular formula is C15H22ClN3O4. The third-order valence-electron chi connectivity index (χ3n) is 3.76. The van der Waals surface area contributed by atoms with E-state index in [0.717, 1.165) is 19.3 Å². The van der Waals surface area contributed by atoms with Crippen LogP contribution in [0.4, 0.5) is 5.69 Å². The second kappa shape index (κ2) is 9.44. The second-order valence-corrected chi connectivity index (χ2v) is 5.31. The number of benzene rings is 1. The molecule has 1 fully saturated rings. The van der Waals surface area contributed by atoms with Crippen molar-refractivity contribution < 1.29 is 14.5 Å². The average molecular weight is 344 g/mol. The van der Waals surface area contributed by atoms with Gasteiger partial charge in [-0.3, -0.25) is 14.9 Å². The standard InChI is InChI=1S/C15H21N3O4.ClH/c16-8-1-11-22-14-6-9-17(10-7-14)15(19)12-2-4-13(5-3-12)18(20)21;/h2-5,14H,1,6-11,16H2;1H. The molecule has 1 aliphatic rings. The Morgan fingerprint density at radius 2 is 1.91 bits per heavy atom. The molecule has 2 rings (SSSR count). The Morgan fingerprint density at radius 1 is 1.30 bits per heavy atom. The lowest BCUT2D eigenvalue weighted by Gasteiger charge is -2.32. The highest BCUT2D eigenvalue weighted by Gasteiger charge is 2.24. The van der Waals surface area contributed by atoms with Crippen LogP contribution < -0.4 is 5.73 Å². The molecule has 1 amide bonds. The van der Waals surface area contributed by atoms with E-state index in [9.17, 15) is 14.9 Å². The minimum absolute atomic E-state index is 0. The number of rotatable bonds is 6. The van der Waals surface area contributed by atoms with Crippen molar-refractivity contribution in [3.05, 3.63) is 39.9 Å². The number of nitrogens with two attached hydrogens (primary N) is 1. The minimum atomic E-state index is -0.474. The molecule has 0 saturated carbocycles. The number of ether oxygens (including phenoxy) is 1. The van der Waals surface area contributed by atoms with Crippen molar-refractivity contribution in [2.75, 3.05) is 26.2 Å². The number of nitrogens with zero attached hydrogens (tertiary/aromatic N) is 2. The molecule has 1 saturated heterocycles. The molecular weight excluding hydrogens is 322 g/mol. The summed E-state index contributed by atoms with van der Waals surface area (Å²) in [6.07, 6.45) is 2.65. The number of piperidine rings is 1. The summed E-state index contributed by atoms with van der Waals surface area (Å²) < 4.78 is 5.71. The predicted octanol–water partition coefficient (Wildman–Crippen LogP) is 1.99. The summed E-state index contributed by atoms with van der Waals surface area (Å²) in [6, 6.07) is 5.72. The quantitative estimate of drug-likeness (QED) is 0.483. The third kappa shape index (κ3) is 5.46. The monoisotopic (exact) mass is 343 g/mol. The highest BCUT2D eigenvalue weighted by molar-refractivity contribution is 5.94. The normalized spacial score (nSPS) is 15.1. The Kier molecular flexibility index (Phi) is 7.94. The number of nitro benzene ring substituents is 1. The maximum atomic E-state index is 12.3. The van der Waals surface area contributed by atoms with E-state index in [2.05, 4.69) is 0 Å². The molecule has 0 aromatic heterocycles. The van der Waals surface area contributed by atoms with Crippen LogP contribution in [-0.2, 0) is 4.74 Å². The molecule has 0 bridgehead atoms. The molecule has 1 aliphatic heterocycles. The van der Waals surface area contributed by atoms with Crippen molar-refractivity contribution in [2.45, 2.75) is 25.4 Å². The van der Waals surface area contributed by atoms with Gasteiger partial charge in [0.2, 0.25) is 0 Å². The molecule has 0 unspecified atom stereocenters. The van der Waals surface area contributed by atoms with Gasteiger partial charge in [-0.05, 0) is 37.9 Å². The smallest absolute Gasteiger partial charge is 0.269 e. The lowest BCUT2D eigenvalue weighted by molar-refractivity contribution is -0.384. The molecule has 128 valence electrons. The number of carbonyl (C=O) groups excluding carboxylic acids is 1. The first-order valence-electron chi connectivity index (χ1n) is 7.47. The summed E-state index contributed by atoms with van der Waals surface area (Å²) in [5, 5.41) is 10.6. The molecule has 8 heteroatoms. The first-order valence-corrected chi connectivity index (χ1v) is 7.47. The van der Waals surface area contributed by atoms with Gasteiger partial charge in [0.25, 0.3) is 11.6 Å². The van der Waals surface area contributed by atoms with Crippen LogP contribution >= 0.6 is 12.4 Å². The van der Waals surface area contributed by atoms with Crippen molar-refractivity contribution in [3.63, 3.8) is 0 Å². The van der Waals surface area contributed by atoms with E-state index in [1.807, 2.05) is 0 Å². The topological polar surface area (TPSA) is 98.7 Å². The van der Waals surface area contributed by atoms with Crippen LogP contribution in [-0.4, -0.2) is 48.1 Å². The van der Waals surface area contributed by atoms with Crippen molar-refractivity contribution in [3.8, 4) is 0 Å². The van der Waals surface area contributed by atoms with Gasteiger partial charge in [-0.2, -0.15) is 0 Å². The summed E-state index contributed by atoms with van der Waals surface area (Å²) in [5.74, 6) is -0.0877. The van der Waals surface area contributed by atoms with E-state index >= 15 is 0 Å². The van der Waals surface area contributed by atoms with Crippen LogP contribution in [0, 0.1) is 10.1 Å². The van der Waals surface area contributed by atoms with Crippen molar-refractivity contribution in [1.82, 2.24) is 4.90 Å². The Balaban J connectivity index is 0.00000264. The molecule has 2 N–H and O–H groups in total. The number of non-ortho nitro benzene ring substituents is 1. The number of carbonyl (C=O) groups is 1. The molecule has 1 aromatic rings. The predicted molar refractivity (Wildman–Crippen MR) is 88.9 cm³/mol. The van der Waals surface area contributed by atoms with Crippen LogP contribution in [0.1, 0.15) is 29.6 Å². The van der Waals surface area contributed by atoms with Crippen molar-refractivity contribution in [2.24, 2.45) is 5.73 Å². The highest BCUT2D eigenvalue weighted by Crippen LogP contribution is 2.18. The van der Waals surface area contributed by atoms with E-state index in [1.165, 1.54) is 24.3 Å². The fourth-order valence-corrected chi connectivity index (χ4v) is 2.47. The van der Waals surface area contributed by atoms with Crippen LogP contribution in [0.5, 0.6) is 0 Å². The minimum Gasteiger partial charge on any atom is -0.378 e. The van der Waals surface area contributed by atoms with Gasteiger partial charge in [0.1, 0.15) is 0 Å². The van der Waals surface area contributed by atoms with E-state index in [4.69, 9.17) is 10.5 Å². The molecule has 7 nitrogen and oxygen atoms in total. The SMILES string of the molecule is Cl.NCCCOC1CCN(C(=O)c2ccc([N+](=O)[O-])cc2)CC1. The van der Waals surface area contributed by atoms with Crippen molar-refractivity contribution >= 4 is 24.0 Å². The van der Waals surface area contributed by atoms with Crippen LogP contribution in [0.2, 0.25) is 0 Å². The lowest BCUT2D eigenvalue weighted by Crippen LogP contribution is -2.41. The Morgan fingerprint density at radius 3 is 2.43 bits per heavy atom. The third-order valence-corrected chi connectivity index (χ3v) is 3.76. The zero-order valence-electron chi connectivity index (χ0n) is 12.8. The number of nitro groups is 1. The maximum Gasteiger partial charge on any atom is 0.269 e. The average Bonchev–Trinajstić information content (AvgIpc) is 2.55. The van der Waals surface area contributed by atoms with E-state index in [-0.39, 0.29) is 30.1 Å². The Labute approximate surface area is 141 Å². The van der Waals surface area contributed by atoms with Crippen LogP contribution in [0.15, 0.2) is 24.3 Å². The summed E-state index contributed by atoms with van der Waals surface area (Å²) in [5.41, 5.74) is 5.89. The number of amides is 1. The van der Waals surface area contributed by atoms with Crippen LogP contribution in [0.25, 0.3) is 0 Å². The highest BCUT2D eigenvalue weighted by atomic mass is 35.5. The van der Waals surface area contributed by atoms with Gasteiger partial charge in [0.15, 0.2) is 0 Å². The Bertz CT molecular complexity index is 516. The number of halogens is 1. The van der Waals surface area contributed by atoms with Gasteiger partial charge in [0, 0.05) is 37.4 Å². The zero-order chi connectivity index (χ0) is 15.9. The van der Waals surface area contributed by atoms with Gasteiger partial charge in [-0.15, -0.1) is 12.4 Å². The van der Waals surface area contributed by atoms with Crippen LogP contribution in [0.3, 0.4) is 0 Å². The maximum absolute atomic E-state index is 12.3. The second-order valence-electron chi connectivity index (χ2n) is 5.31. The fourth-order valence-electron chi connectivity index (χ4n) is 2.47. The fraction of sp³-hybridized carbons (Fsp3) is 0.533. The van der Waals surface area contributed by atoms with E-state index in [0.29, 0.717) is 31.8 Å². The molecule has 1 heterocycles. The summed E-state index contributed by atoms with van der Waals surface area (Å²) in [7, 11) is 0. The number of hydrogen-bond acceptors (Lipinski definition) is 5.